The van der Waals surface area contributed by atoms with E-state index in [0.717, 1.165) is 6.07 Å². The summed E-state index contributed by atoms with van der Waals surface area (Å²) in [5.74, 6) is -1.43. The molecule has 0 spiro atoms. The minimum Gasteiger partial charge on any atom is -0.481 e. The normalized spacial score (nSPS) is 21.2. The average molecular weight is 324 g/mol. The number of alkyl halides is 3. The molecule has 0 aromatic heterocycles. The van der Waals surface area contributed by atoms with Crippen molar-refractivity contribution in [3.63, 3.8) is 0 Å². The molecule has 1 amide bonds. The Hall–Kier alpha value is -1.96. The van der Waals surface area contributed by atoms with Gasteiger partial charge in [-0.05, 0) is 18.2 Å². The molecule has 114 valence electrons. The van der Waals surface area contributed by atoms with Gasteiger partial charge in [-0.25, -0.2) is 4.79 Å². The second-order valence-electron chi connectivity index (χ2n) is 4.42. The van der Waals surface area contributed by atoms with Crippen molar-refractivity contribution in [1.29, 1.82) is 0 Å². The molecule has 9 heteroatoms. The third kappa shape index (κ3) is 2.76. The van der Waals surface area contributed by atoms with Gasteiger partial charge in [-0.1, -0.05) is 11.6 Å². The van der Waals surface area contributed by atoms with Gasteiger partial charge in [-0.2, -0.15) is 13.2 Å². The van der Waals surface area contributed by atoms with E-state index >= 15 is 0 Å². The summed E-state index contributed by atoms with van der Waals surface area (Å²) in [5, 5.41) is 10.8. The van der Waals surface area contributed by atoms with E-state index in [9.17, 15) is 22.8 Å². The number of carboxylic acid groups (broad SMARTS) is 1. The zero-order valence-electron chi connectivity index (χ0n) is 10.3. The van der Waals surface area contributed by atoms with Crippen molar-refractivity contribution in [2.45, 2.75) is 24.6 Å². The van der Waals surface area contributed by atoms with Crippen molar-refractivity contribution in [3.8, 4) is 0 Å². The molecule has 2 N–H and O–H groups in total. The van der Waals surface area contributed by atoms with E-state index in [1.165, 1.54) is 12.1 Å². The van der Waals surface area contributed by atoms with Crippen LogP contribution in [-0.2, 0) is 15.1 Å². The summed E-state index contributed by atoms with van der Waals surface area (Å²) >= 11 is 5.70. The molecule has 0 fully saturated rings. The predicted molar refractivity (Wildman–Crippen MR) is 66.2 cm³/mol. The van der Waals surface area contributed by atoms with E-state index < -0.39 is 42.2 Å². The van der Waals surface area contributed by atoms with Crippen LogP contribution in [0.25, 0.3) is 0 Å². The summed E-state index contributed by atoms with van der Waals surface area (Å²) in [6, 6.07) is 3.52. The van der Waals surface area contributed by atoms with Crippen LogP contribution < -0.4 is 5.32 Å². The van der Waals surface area contributed by atoms with Crippen LogP contribution in [0.15, 0.2) is 18.2 Å². The molecule has 1 unspecified atom stereocenters. The number of benzene rings is 1. The number of carboxylic acids is 1. The van der Waals surface area contributed by atoms with Crippen molar-refractivity contribution in [2.75, 3.05) is 5.32 Å². The number of amides is 1. The smallest absolute Gasteiger partial charge is 0.432 e. The fourth-order valence-corrected chi connectivity index (χ4v) is 2.30. The van der Waals surface area contributed by atoms with Crippen LogP contribution in [0.2, 0.25) is 5.02 Å². The number of nitrogens with one attached hydrogen (secondary N) is 1. The second kappa shape index (κ2) is 5.10. The predicted octanol–water partition coefficient (Wildman–Crippen LogP) is 3.52. The summed E-state index contributed by atoms with van der Waals surface area (Å²) in [7, 11) is 0. The number of cyclic esters (lactones) is 1. The van der Waals surface area contributed by atoms with E-state index in [4.69, 9.17) is 16.7 Å². The van der Waals surface area contributed by atoms with Gasteiger partial charge in [-0.3, -0.25) is 10.1 Å². The number of ether oxygens (including phenoxy) is 1. The van der Waals surface area contributed by atoms with Crippen molar-refractivity contribution >= 4 is 29.4 Å². The quantitative estimate of drug-likeness (QED) is 0.892. The summed E-state index contributed by atoms with van der Waals surface area (Å²) in [4.78, 5) is 22.0. The molecule has 5 nitrogen and oxygen atoms in total. The lowest BCUT2D eigenvalue weighted by atomic mass is 9.86. The maximum Gasteiger partial charge on any atom is 0.432 e. The fourth-order valence-electron chi connectivity index (χ4n) is 2.13. The molecule has 0 saturated heterocycles. The highest BCUT2D eigenvalue weighted by molar-refractivity contribution is 6.30. The Morgan fingerprint density at radius 1 is 1.43 bits per heavy atom. The number of rotatable bonds is 3. The number of carbonyl (C=O) groups excluding carboxylic acids is 1. The van der Waals surface area contributed by atoms with Crippen LogP contribution >= 0.6 is 11.6 Å². The molecule has 0 aliphatic carbocycles. The third-order valence-electron chi connectivity index (χ3n) is 3.07. The highest BCUT2D eigenvalue weighted by Crippen LogP contribution is 2.50. The van der Waals surface area contributed by atoms with E-state index in [2.05, 4.69) is 10.1 Å². The van der Waals surface area contributed by atoms with Crippen LogP contribution in [0.3, 0.4) is 0 Å². The number of aliphatic carboxylic acids is 1. The lowest BCUT2D eigenvalue weighted by Gasteiger charge is -2.39. The van der Waals surface area contributed by atoms with Crippen molar-refractivity contribution in [3.05, 3.63) is 28.8 Å². The Morgan fingerprint density at radius 3 is 2.67 bits per heavy atom. The van der Waals surface area contributed by atoms with Gasteiger partial charge in [0.1, 0.15) is 0 Å². The molecule has 2 rings (SSSR count). The van der Waals surface area contributed by atoms with Crippen molar-refractivity contribution in [2.24, 2.45) is 0 Å². The standard InChI is InChI=1S/C12H9ClF3NO4/c13-6-1-2-8-7(5-6)11(12(14,15)16,4-3-9(18)19)21-10(20)17-8/h1-2,5H,3-4H2,(H,17,20)(H,18,19). The SMILES string of the molecule is O=C(O)CCC1(C(F)(F)F)OC(=O)Nc2ccc(Cl)cc21. The molecule has 21 heavy (non-hydrogen) atoms. The first-order chi connectivity index (χ1) is 9.65. The average Bonchev–Trinajstić information content (AvgIpc) is 2.35. The van der Waals surface area contributed by atoms with Crippen molar-refractivity contribution in [1.82, 2.24) is 0 Å². The van der Waals surface area contributed by atoms with Crippen molar-refractivity contribution < 1.29 is 32.6 Å². The lowest BCUT2D eigenvalue weighted by Crippen LogP contribution is -2.50. The molecule has 0 bridgehead atoms. The highest BCUT2D eigenvalue weighted by Gasteiger charge is 2.62. The van der Waals surface area contributed by atoms with Gasteiger partial charge in [0.05, 0.1) is 5.69 Å². The Morgan fingerprint density at radius 2 is 2.10 bits per heavy atom. The van der Waals surface area contributed by atoms with Crippen LogP contribution in [0.5, 0.6) is 0 Å². The summed E-state index contributed by atoms with van der Waals surface area (Å²) < 4.78 is 44.9. The molecular formula is C12H9ClF3NO4. The second-order valence-corrected chi connectivity index (χ2v) is 4.86. The van der Waals surface area contributed by atoms with Gasteiger partial charge < -0.3 is 9.84 Å². The molecule has 1 aliphatic rings. The summed E-state index contributed by atoms with van der Waals surface area (Å²) in [6.45, 7) is 0. The minimum atomic E-state index is -4.99. The van der Waals surface area contributed by atoms with E-state index in [1.54, 1.807) is 0 Å². The van der Waals surface area contributed by atoms with Gasteiger partial charge in [0, 0.05) is 23.4 Å². The molecule has 1 aliphatic heterocycles. The van der Waals surface area contributed by atoms with E-state index in [1.807, 2.05) is 0 Å². The summed E-state index contributed by atoms with van der Waals surface area (Å²) in [6.07, 6.45) is -8.04. The first-order valence-electron chi connectivity index (χ1n) is 5.74. The Labute approximate surface area is 121 Å². The number of hydrogen-bond donors (Lipinski definition) is 2. The zero-order valence-corrected chi connectivity index (χ0v) is 11.1. The monoisotopic (exact) mass is 323 g/mol. The van der Waals surface area contributed by atoms with Gasteiger partial charge in [-0.15, -0.1) is 0 Å². The molecule has 1 aromatic carbocycles. The minimum absolute atomic E-state index is 0.0115. The highest BCUT2D eigenvalue weighted by atomic mass is 35.5. The van der Waals surface area contributed by atoms with Gasteiger partial charge in [0.25, 0.3) is 0 Å². The van der Waals surface area contributed by atoms with Crippen LogP contribution in [0, 0.1) is 0 Å². The zero-order chi connectivity index (χ0) is 15.8. The van der Waals surface area contributed by atoms with Crippen LogP contribution in [0.1, 0.15) is 18.4 Å². The Bertz CT molecular complexity index is 605. The molecular weight excluding hydrogens is 315 g/mol. The Kier molecular flexibility index (Phi) is 3.75. The maximum absolute atomic E-state index is 13.5. The Balaban J connectivity index is 2.61. The first kappa shape index (κ1) is 15.4. The fraction of sp³-hybridized carbons (Fsp3) is 0.333. The third-order valence-corrected chi connectivity index (χ3v) is 3.30. The van der Waals surface area contributed by atoms with Crippen LogP contribution in [-0.4, -0.2) is 23.3 Å². The summed E-state index contributed by atoms with van der Waals surface area (Å²) in [5.41, 5.74) is -3.56. The molecule has 0 saturated carbocycles. The van der Waals surface area contributed by atoms with Crippen LogP contribution in [0.4, 0.5) is 23.7 Å². The van der Waals surface area contributed by atoms with E-state index in [-0.39, 0.29) is 10.7 Å². The molecule has 1 atom stereocenters. The largest absolute Gasteiger partial charge is 0.481 e. The molecule has 1 heterocycles. The number of halogens is 4. The number of anilines is 1. The van der Waals surface area contributed by atoms with Gasteiger partial charge in [0.15, 0.2) is 0 Å². The molecule has 0 radical (unpaired) electrons. The number of hydrogen-bond acceptors (Lipinski definition) is 3. The van der Waals surface area contributed by atoms with E-state index in [0.29, 0.717) is 0 Å². The molecule has 1 aromatic rings. The topological polar surface area (TPSA) is 75.6 Å². The first-order valence-corrected chi connectivity index (χ1v) is 6.12. The van der Waals surface area contributed by atoms with Gasteiger partial charge >= 0.3 is 18.2 Å². The number of fused-ring (bicyclic) bond motifs is 1. The van der Waals surface area contributed by atoms with Gasteiger partial charge in [0.2, 0.25) is 5.60 Å². The lowest BCUT2D eigenvalue weighted by molar-refractivity contribution is -0.267. The number of carbonyl (C=O) groups is 2. The maximum atomic E-state index is 13.5.